The molecule has 9 heteroatoms. The van der Waals surface area contributed by atoms with E-state index in [1.165, 1.54) is 10.4 Å². The molecule has 1 heterocycles. The highest BCUT2D eigenvalue weighted by Crippen LogP contribution is 2.27. The summed E-state index contributed by atoms with van der Waals surface area (Å²) in [5.41, 5.74) is 1.72. The van der Waals surface area contributed by atoms with Gasteiger partial charge in [0.15, 0.2) is 0 Å². The normalized spacial score (nSPS) is 16.1. The number of nitrogens with one attached hydrogen (secondary N) is 1. The van der Waals surface area contributed by atoms with Crippen molar-refractivity contribution in [2.75, 3.05) is 18.4 Å². The monoisotopic (exact) mass is 488 g/mol. The van der Waals surface area contributed by atoms with Gasteiger partial charge in [0.1, 0.15) is 5.82 Å². The number of carbonyl (C=O) groups excluding carboxylic acids is 1. The number of piperidine rings is 1. The van der Waals surface area contributed by atoms with E-state index in [1.54, 1.807) is 0 Å². The molecular formula is C19H19BrClFN2O3S. The van der Waals surface area contributed by atoms with Crippen molar-refractivity contribution in [3.05, 3.63) is 57.3 Å². The van der Waals surface area contributed by atoms with Crippen molar-refractivity contribution in [1.82, 2.24) is 4.31 Å². The van der Waals surface area contributed by atoms with Crippen LogP contribution in [0.3, 0.4) is 0 Å². The second-order valence-electron chi connectivity index (χ2n) is 6.71. The fraction of sp³-hybridized carbons (Fsp3) is 0.316. The Morgan fingerprint density at radius 1 is 1.21 bits per heavy atom. The van der Waals surface area contributed by atoms with E-state index in [0.29, 0.717) is 18.5 Å². The van der Waals surface area contributed by atoms with Crippen LogP contribution in [-0.2, 0) is 14.8 Å². The zero-order valence-electron chi connectivity index (χ0n) is 15.1. The Kier molecular flexibility index (Phi) is 6.44. The summed E-state index contributed by atoms with van der Waals surface area (Å²) in [6.07, 6.45) is 0.824. The summed E-state index contributed by atoms with van der Waals surface area (Å²) in [6, 6.07) is 8.91. The number of amides is 1. The van der Waals surface area contributed by atoms with Crippen LogP contribution < -0.4 is 5.32 Å². The minimum Gasteiger partial charge on any atom is -0.326 e. The largest absolute Gasteiger partial charge is 0.326 e. The molecule has 0 bridgehead atoms. The number of rotatable bonds is 4. The van der Waals surface area contributed by atoms with Crippen molar-refractivity contribution >= 4 is 49.1 Å². The van der Waals surface area contributed by atoms with Gasteiger partial charge in [0, 0.05) is 29.2 Å². The van der Waals surface area contributed by atoms with Crippen LogP contribution in [0.15, 0.2) is 45.8 Å². The first-order valence-electron chi connectivity index (χ1n) is 8.70. The molecule has 0 aromatic heterocycles. The molecule has 5 nitrogen and oxygen atoms in total. The minimum absolute atomic E-state index is 0.0489. The van der Waals surface area contributed by atoms with Crippen LogP contribution in [-0.4, -0.2) is 31.7 Å². The van der Waals surface area contributed by atoms with Crippen LogP contribution in [0.5, 0.6) is 0 Å². The maximum atomic E-state index is 13.3. The maximum absolute atomic E-state index is 13.3. The van der Waals surface area contributed by atoms with E-state index in [0.717, 1.165) is 22.2 Å². The number of aryl methyl sites for hydroxylation is 1. The number of anilines is 1. The Labute approximate surface area is 177 Å². The predicted octanol–water partition coefficient (Wildman–Crippen LogP) is 4.59. The van der Waals surface area contributed by atoms with Crippen molar-refractivity contribution in [3.8, 4) is 0 Å². The van der Waals surface area contributed by atoms with Gasteiger partial charge in [-0.15, -0.1) is 0 Å². The molecule has 0 spiro atoms. The van der Waals surface area contributed by atoms with Crippen LogP contribution in [0.25, 0.3) is 0 Å². The molecule has 0 aliphatic carbocycles. The Morgan fingerprint density at radius 2 is 1.89 bits per heavy atom. The lowest BCUT2D eigenvalue weighted by atomic mass is 9.97. The van der Waals surface area contributed by atoms with E-state index in [-0.39, 0.29) is 34.8 Å². The summed E-state index contributed by atoms with van der Waals surface area (Å²) >= 11 is 9.13. The van der Waals surface area contributed by atoms with Gasteiger partial charge in [0.25, 0.3) is 0 Å². The summed E-state index contributed by atoms with van der Waals surface area (Å²) in [5, 5.41) is 2.66. The van der Waals surface area contributed by atoms with E-state index in [4.69, 9.17) is 11.6 Å². The van der Waals surface area contributed by atoms with E-state index in [2.05, 4.69) is 21.2 Å². The smallest absolute Gasteiger partial charge is 0.243 e. The van der Waals surface area contributed by atoms with Crippen molar-refractivity contribution in [2.24, 2.45) is 5.92 Å². The third-order valence-corrected chi connectivity index (χ3v) is 7.85. The molecule has 0 atom stereocenters. The molecule has 0 unspecified atom stereocenters. The number of sulfonamides is 1. The third kappa shape index (κ3) is 4.56. The second-order valence-corrected chi connectivity index (χ2v) is 9.91. The molecule has 0 radical (unpaired) electrons. The number of halogens is 3. The summed E-state index contributed by atoms with van der Waals surface area (Å²) < 4.78 is 41.0. The average Bonchev–Trinajstić information content (AvgIpc) is 2.67. The molecule has 2 aromatic carbocycles. The number of hydrogen-bond acceptors (Lipinski definition) is 3. The van der Waals surface area contributed by atoms with E-state index in [9.17, 15) is 17.6 Å². The van der Waals surface area contributed by atoms with Crippen LogP contribution >= 0.6 is 27.5 Å². The van der Waals surface area contributed by atoms with Crippen molar-refractivity contribution < 1.29 is 17.6 Å². The van der Waals surface area contributed by atoms with E-state index >= 15 is 0 Å². The van der Waals surface area contributed by atoms with Crippen LogP contribution in [0.1, 0.15) is 18.4 Å². The molecule has 1 N–H and O–H groups in total. The zero-order valence-corrected chi connectivity index (χ0v) is 18.2. The summed E-state index contributed by atoms with van der Waals surface area (Å²) in [6.45, 7) is 2.37. The highest BCUT2D eigenvalue weighted by atomic mass is 79.9. The Morgan fingerprint density at radius 3 is 2.50 bits per heavy atom. The fourth-order valence-electron chi connectivity index (χ4n) is 3.11. The number of nitrogens with zero attached hydrogens (tertiary/aromatic N) is 1. The fourth-order valence-corrected chi connectivity index (χ4v) is 5.10. The SMILES string of the molecule is Cc1cc(NC(=O)C2CCN(S(=O)(=O)c3ccc(F)c(Cl)c3)CC2)ccc1Br. The molecule has 1 saturated heterocycles. The van der Waals surface area contributed by atoms with Crippen molar-refractivity contribution in [2.45, 2.75) is 24.7 Å². The Balaban J connectivity index is 1.63. The van der Waals surface area contributed by atoms with Gasteiger partial charge in [0.2, 0.25) is 15.9 Å². The van der Waals surface area contributed by atoms with Gasteiger partial charge in [-0.3, -0.25) is 4.79 Å². The highest BCUT2D eigenvalue weighted by molar-refractivity contribution is 9.10. The lowest BCUT2D eigenvalue weighted by molar-refractivity contribution is -0.120. The van der Waals surface area contributed by atoms with Crippen molar-refractivity contribution in [1.29, 1.82) is 0 Å². The van der Waals surface area contributed by atoms with Gasteiger partial charge in [-0.1, -0.05) is 27.5 Å². The predicted molar refractivity (Wildman–Crippen MR) is 110 cm³/mol. The minimum atomic E-state index is -3.77. The van der Waals surface area contributed by atoms with E-state index < -0.39 is 15.8 Å². The standard InChI is InChI=1S/C19H19BrClFN2O3S/c1-12-10-14(2-4-16(12)20)23-19(25)13-6-8-24(9-7-13)28(26,27)15-3-5-18(22)17(21)11-15/h2-5,10-11,13H,6-9H2,1H3,(H,23,25). The van der Waals surface area contributed by atoms with E-state index in [1.807, 2.05) is 25.1 Å². The number of hydrogen-bond donors (Lipinski definition) is 1. The molecule has 0 saturated carbocycles. The molecule has 2 aromatic rings. The molecule has 28 heavy (non-hydrogen) atoms. The van der Waals surface area contributed by atoms with Crippen molar-refractivity contribution in [3.63, 3.8) is 0 Å². The highest BCUT2D eigenvalue weighted by Gasteiger charge is 2.32. The second kappa shape index (κ2) is 8.49. The topological polar surface area (TPSA) is 66.5 Å². The number of carbonyl (C=O) groups is 1. The van der Waals surface area contributed by atoms with Gasteiger partial charge in [0.05, 0.1) is 9.92 Å². The Bertz CT molecular complexity index is 1010. The quantitative estimate of drug-likeness (QED) is 0.683. The molecule has 1 fully saturated rings. The molecular weight excluding hydrogens is 471 g/mol. The van der Waals surface area contributed by atoms with Crippen LogP contribution in [0, 0.1) is 18.7 Å². The summed E-state index contributed by atoms with van der Waals surface area (Å²) in [4.78, 5) is 12.5. The van der Waals surface area contributed by atoms with Crippen LogP contribution in [0.4, 0.5) is 10.1 Å². The molecule has 3 rings (SSSR count). The third-order valence-electron chi connectivity index (χ3n) is 4.78. The summed E-state index contributed by atoms with van der Waals surface area (Å²) in [5.74, 6) is -1.06. The summed E-state index contributed by atoms with van der Waals surface area (Å²) in [7, 11) is -3.77. The first kappa shape index (κ1) is 21.2. The molecule has 150 valence electrons. The zero-order chi connectivity index (χ0) is 20.5. The first-order chi connectivity index (χ1) is 13.2. The maximum Gasteiger partial charge on any atom is 0.243 e. The molecule has 1 amide bonds. The molecule has 1 aliphatic rings. The van der Waals surface area contributed by atoms with Gasteiger partial charge in [-0.25, -0.2) is 12.8 Å². The van der Waals surface area contributed by atoms with Gasteiger partial charge < -0.3 is 5.32 Å². The molecule has 1 aliphatic heterocycles. The average molecular weight is 490 g/mol. The van der Waals surface area contributed by atoms with Gasteiger partial charge in [-0.2, -0.15) is 4.31 Å². The van der Waals surface area contributed by atoms with Gasteiger partial charge in [-0.05, 0) is 61.7 Å². The lowest BCUT2D eigenvalue weighted by Gasteiger charge is -2.30. The Hall–Kier alpha value is -1.48. The first-order valence-corrected chi connectivity index (χ1v) is 11.3. The lowest BCUT2D eigenvalue weighted by Crippen LogP contribution is -2.41. The van der Waals surface area contributed by atoms with Crippen LogP contribution in [0.2, 0.25) is 5.02 Å². The van der Waals surface area contributed by atoms with Gasteiger partial charge >= 0.3 is 0 Å². The number of benzene rings is 2.